The molecule has 0 unspecified atom stereocenters. The van der Waals surface area contributed by atoms with Gasteiger partial charge in [-0.3, -0.25) is 5.10 Å². The third kappa shape index (κ3) is 2.19. The van der Waals surface area contributed by atoms with Crippen LogP contribution in [0.25, 0.3) is 0 Å². The van der Waals surface area contributed by atoms with Crippen LogP contribution in [0.3, 0.4) is 0 Å². The summed E-state index contributed by atoms with van der Waals surface area (Å²) in [6.07, 6.45) is 2.16. The molecule has 2 rings (SSSR count). The summed E-state index contributed by atoms with van der Waals surface area (Å²) in [5.41, 5.74) is 0.563. The minimum atomic E-state index is -3.41. The van der Waals surface area contributed by atoms with Crippen molar-refractivity contribution in [3.05, 3.63) is 11.9 Å². The highest BCUT2D eigenvalue weighted by Crippen LogP contribution is 2.12. The van der Waals surface area contributed by atoms with Crippen molar-refractivity contribution in [2.45, 2.75) is 24.3 Å². The Hall–Kier alpha value is -0.920. The Morgan fingerprint density at radius 1 is 1.60 bits per heavy atom. The largest absolute Gasteiger partial charge is 0.315 e. The molecule has 0 aromatic carbocycles. The van der Waals surface area contributed by atoms with Crippen LogP contribution in [0.15, 0.2) is 11.1 Å². The average Bonchev–Trinajstić information content (AvgIpc) is 2.75. The SMILES string of the molecule is Cc1[nH]ncc1S(=O)(=O)N[C@H]1CCNC1. The summed E-state index contributed by atoms with van der Waals surface area (Å²) < 4.78 is 26.4. The summed E-state index contributed by atoms with van der Waals surface area (Å²) in [6.45, 7) is 3.24. The number of hydrogen-bond donors (Lipinski definition) is 3. The normalized spacial score (nSPS) is 22.1. The summed E-state index contributed by atoms with van der Waals surface area (Å²) in [7, 11) is -3.41. The van der Waals surface area contributed by atoms with E-state index in [1.165, 1.54) is 6.20 Å². The van der Waals surface area contributed by atoms with Gasteiger partial charge in [0.1, 0.15) is 4.90 Å². The Kier molecular flexibility index (Phi) is 2.76. The fourth-order valence-corrected chi connectivity index (χ4v) is 3.06. The summed E-state index contributed by atoms with van der Waals surface area (Å²) in [4.78, 5) is 0.231. The molecular weight excluding hydrogens is 216 g/mol. The molecule has 0 radical (unpaired) electrons. The molecule has 0 bridgehead atoms. The maximum absolute atomic E-state index is 11.9. The van der Waals surface area contributed by atoms with E-state index in [-0.39, 0.29) is 10.9 Å². The lowest BCUT2D eigenvalue weighted by molar-refractivity contribution is 0.559. The van der Waals surface area contributed by atoms with E-state index in [1.807, 2.05) is 0 Å². The van der Waals surface area contributed by atoms with Crippen molar-refractivity contribution in [2.75, 3.05) is 13.1 Å². The Bertz CT molecular complexity index is 433. The third-order valence-electron chi connectivity index (χ3n) is 2.46. The Labute approximate surface area is 88.5 Å². The number of aryl methyl sites for hydroxylation is 1. The van der Waals surface area contributed by atoms with E-state index in [0.29, 0.717) is 12.2 Å². The maximum Gasteiger partial charge on any atom is 0.244 e. The molecule has 1 aliphatic rings. The van der Waals surface area contributed by atoms with Gasteiger partial charge in [-0.15, -0.1) is 0 Å². The monoisotopic (exact) mass is 230 g/mol. The smallest absolute Gasteiger partial charge is 0.244 e. The van der Waals surface area contributed by atoms with Gasteiger partial charge in [0.05, 0.1) is 11.9 Å². The van der Waals surface area contributed by atoms with E-state index in [4.69, 9.17) is 0 Å². The first-order chi connectivity index (χ1) is 7.09. The van der Waals surface area contributed by atoms with E-state index >= 15 is 0 Å². The molecule has 15 heavy (non-hydrogen) atoms. The van der Waals surface area contributed by atoms with Crippen molar-refractivity contribution < 1.29 is 8.42 Å². The number of H-pyrrole nitrogens is 1. The molecule has 0 spiro atoms. The molecule has 1 aromatic heterocycles. The van der Waals surface area contributed by atoms with Crippen LogP contribution < -0.4 is 10.0 Å². The standard InChI is InChI=1S/C8H14N4O2S/c1-6-8(5-10-11-6)15(13,14)12-7-2-3-9-4-7/h5,7,9,12H,2-4H2,1H3,(H,10,11)/t7-/m0/s1. The number of sulfonamides is 1. The second-order valence-electron chi connectivity index (χ2n) is 3.67. The highest BCUT2D eigenvalue weighted by Gasteiger charge is 2.24. The zero-order chi connectivity index (χ0) is 10.9. The van der Waals surface area contributed by atoms with Gasteiger partial charge in [0.2, 0.25) is 10.0 Å². The van der Waals surface area contributed by atoms with Crippen LogP contribution >= 0.6 is 0 Å². The van der Waals surface area contributed by atoms with Gasteiger partial charge in [0.15, 0.2) is 0 Å². The van der Waals surface area contributed by atoms with Crippen molar-refractivity contribution in [1.29, 1.82) is 0 Å². The number of rotatable bonds is 3. The molecule has 1 aliphatic heterocycles. The van der Waals surface area contributed by atoms with Crippen molar-refractivity contribution in [3.8, 4) is 0 Å². The van der Waals surface area contributed by atoms with Gasteiger partial charge in [-0.25, -0.2) is 13.1 Å². The molecule has 1 atom stereocenters. The second kappa shape index (κ2) is 3.92. The van der Waals surface area contributed by atoms with Gasteiger partial charge in [-0.1, -0.05) is 0 Å². The van der Waals surface area contributed by atoms with E-state index in [9.17, 15) is 8.42 Å². The fourth-order valence-electron chi connectivity index (χ4n) is 1.65. The molecule has 6 nitrogen and oxygen atoms in total. The number of aromatic amines is 1. The molecule has 7 heteroatoms. The second-order valence-corrected chi connectivity index (χ2v) is 5.35. The third-order valence-corrected chi connectivity index (χ3v) is 4.09. The van der Waals surface area contributed by atoms with Crippen molar-refractivity contribution >= 4 is 10.0 Å². The van der Waals surface area contributed by atoms with Crippen LogP contribution in [0.1, 0.15) is 12.1 Å². The number of nitrogens with zero attached hydrogens (tertiary/aromatic N) is 1. The summed E-state index contributed by atoms with van der Waals surface area (Å²) in [5, 5.41) is 9.42. The molecule has 0 aliphatic carbocycles. The number of nitrogens with one attached hydrogen (secondary N) is 3. The molecule has 0 amide bonds. The Morgan fingerprint density at radius 3 is 2.93 bits per heavy atom. The highest BCUT2D eigenvalue weighted by molar-refractivity contribution is 7.89. The number of aromatic nitrogens is 2. The van der Waals surface area contributed by atoms with Gasteiger partial charge in [0, 0.05) is 12.6 Å². The van der Waals surface area contributed by atoms with Crippen LogP contribution in [0.4, 0.5) is 0 Å². The fraction of sp³-hybridized carbons (Fsp3) is 0.625. The van der Waals surface area contributed by atoms with Crippen LogP contribution in [-0.2, 0) is 10.0 Å². The molecule has 3 N–H and O–H groups in total. The van der Waals surface area contributed by atoms with Crippen molar-refractivity contribution in [3.63, 3.8) is 0 Å². The molecule has 2 heterocycles. The lowest BCUT2D eigenvalue weighted by atomic mass is 10.3. The topological polar surface area (TPSA) is 86.9 Å². The van der Waals surface area contributed by atoms with Gasteiger partial charge < -0.3 is 5.32 Å². The average molecular weight is 230 g/mol. The van der Waals surface area contributed by atoms with Gasteiger partial charge in [0.25, 0.3) is 0 Å². The minimum Gasteiger partial charge on any atom is -0.315 e. The first kappa shape index (κ1) is 10.6. The molecular formula is C8H14N4O2S. The van der Waals surface area contributed by atoms with Gasteiger partial charge >= 0.3 is 0 Å². The van der Waals surface area contributed by atoms with Gasteiger partial charge in [-0.2, -0.15) is 5.10 Å². The molecule has 0 saturated carbocycles. The zero-order valence-corrected chi connectivity index (χ0v) is 9.26. The van der Waals surface area contributed by atoms with Crippen LogP contribution in [0, 0.1) is 6.92 Å². The molecule has 84 valence electrons. The number of hydrogen-bond acceptors (Lipinski definition) is 4. The van der Waals surface area contributed by atoms with Crippen LogP contribution in [-0.4, -0.2) is 37.7 Å². The minimum absolute atomic E-state index is 0.00991. The maximum atomic E-state index is 11.9. The Balaban J connectivity index is 2.16. The van der Waals surface area contributed by atoms with Crippen LogP contribution in [0.5, 0.6) is 0 Å². The first-order valence-electron chi connectivity index (χ1n) is 4.82. The van der Waals surface area contributed by atoms with E-state index in [2.05, 4.69) is 20.2 Å². The van der Waals surface area contributed by atoms with Crippen molar-refractivity contribution in [1.82, 2.24) is 20.2 Å². The lowest BCUT2D eigenvalue weighted by Crippen LogP contribution is -2.36. The predicted molar refractivity (Wildman–Crippen MR) is 54.9 cm³/mol. The summed E-state index contributed by atoms with van der Waals surface area (Å²) in [6, 6.07) is -0.00991. The first-order valence-corrected chi connectivity index (χ1v) is 6.31. The van der Waals surface area contributed by atoms with Crippen molar-refractivity contribution in [2.24, 2.45) is 0 Å². The van der Waals surface area contributed by atoms with Gasteiger partial charge in [-0.05, 0) is 19.9 Å². The summed E-state index contributed by atoms with van der Waals surface area (Å²) >= 11 is 0. The molecule has 1 saturated heterocycles. The van der Waals surface area contributed by atoms with E-state index in [0.717, 1.165) is 13.0 Å². The van der Waals surface area contributed by atoms with E-state index in [1.54, 1.807) is 6.92 Å². The highest BCUT2D eigenvalue weighted by atomic mass is 32.2. The summed E-state index contributed by atoms with van der Waals surface area (Å²) in [5.74, 6) is 0. The van der Waals surface area contributed by atoms with E-state index < -0.39 is 10.0 Å². The zero-order valence-electron chi connectivity index (χ0n) is 8.45. The predicted octanol–water partition coefficient (Wildman–Crippen LogP) is -0.642. The van der Waals surface area contributed by atoms with Crippen LogP contribution in [0.2, 0.25) is 0 Å². The molecule has 1 aromatic rings. The Morgan fingerprint density at radius 2 is 2.40 bits per heavy atom. The quantitative estimate of drug-likeness (QED) is 0.644. The lowest BCUT2D eigenvalue weighted by Gasteiger charge is -2.10. The molecule has 1 fully saturated rings.